The SMILES string of the molecule is C[C@@H](CO)COCn1ccc(=O)[nH]c1=O. The van der Waals surface area contributed by atoms with Crippen LogP contribution in [0, 0.1) is 5.92 Å². The Balaban J connectivity index is 2.51. The Bertz CT molecular complexity index is 409. The van der Waals surface area contributed by atoms with E-state index in [-0.39, 0.29) is 19.3 Å². The lowest BCUT2D eigenvalue weighted by Crippen LogP contribution is -2.29. The van der Waals surface area contributed by atoms with Gasteiger partial charge in [0.25, 0.3) is 5.56 Å². The van der Waals surface area contributed by atoms with Crippen molar-refractivity contribution in [3.8, 4) is 0 Å². The van der Waals surface area contributed by atoms with Gasteiger partial charge in [0.05, 0.1) is 6.61 Å². The summed E-state index contributed by atoms with van der Waals surface area (Å²) < 4.78 is 6.42. The van der Waals surface area contributed by atoms with Gasteiger partial charge in [-0.3, -0.25) is 14.3 Å². The number of aliphatic hydroxyl groups excluding tert-OH is 1. The lowest BCUT2D eigenvalue weighted by molar-refractivity contribution is 0.0359. The molecule has 6 heteroatoms. The van der Waals surface area contributed by atoms with Gasteiger partial charge in [0.15, 0.2) is 0 Å². The van der Waals surface area contributed by atoms with Gasteiger partial charge in [0.1, 0.15) is 6.73 Å². The van der Waals surface area contributed by atoms with Gasteiger partial charge in [-0.25, -0.2) is 4.79 Å². The first-order valence-electron chi connectivity index (χ1n) is 4.62. The fraction of sp³-hybridized carbons (Fsp3) is 0.556. The van der Waals surface area contributed by atoms with E-state index in [0.717, 1.165) is 0 Å². The van der Waals surface area contributed by atoms with Crippen LogP contribution in [0.3, 0.4) is 0 Å². The molecule has 0 bridgehead atoms. The Labute approximate surface area is 86.1 Å². The molecule has 0 aliphatic heterocycles. The van der Waals surface area contributed by atoms with E-state index in [9.17, 15) is 9.59 Å². The van der Waals surface area contributed by atoms with E-state index >= 15 is 0 Å². The second-order valence-electron chi connectivity index (χ2n) is 3.37. The number of aromatic amines is 1. The van der Waals surface area contributed by atoms with E-state index in [2.05, 4.69) is 4.98 Å². The smallest absolute Gasteiger partial charge is 0.330 e. The van der Waals surface area contributed by atoms with Crippen molar-refractivity contribution in [3.05, 3.63) is 33.1 Å². The number of nitrogens with one attached hydrogen (secondary N) is 1. The van der Waals surface area contributed by atoms with E-state index in [0.29, 0.717) is 6.61 Å². The summed E-state index contributed by atoms with van der Waals surface area (Å²) in [6.45, 7) is 2.30. The maximum absolute atomic E-state index is 11.2. The van der Waals surface area contributed by atoms with Gasteiger partial charge in [-0.15, -0.1) is 0 Å². The summed E-state index contributed by atoms with van der Waals surface area (Å²) in [5.74, 6) is 0.0310. The topological polar surface area (TPSA) is 84.3 Å². The van der Waals surface area contributed by atoms with E-state index < -0.39 is 11.2 Å². The van der Waals surface area contributed by atoms with Crippen molar-refractivity contribution < 1.29 is 9.84 Å². The predicted octanol–water partition coefficient (Wildman–Crippen LogP) is -0.861. The second kappa shape index (κ2) is 5.47. The zero-order chi connectivity index (χ0) is 11.3. The fourth-order valence-electron chi connectivity index (χ4n) is 0.951. The fourth-order valence-corrected chi connectivity index (χ4v) is 0.951. The Hall–Kier alpha value is -1.40. The summed E-state index contributed by atoms with van der Waals surface area (Å²) in [7, 11) is 0. The van der Waals surface area contributed by atoms with E-state index in [1.165, 1.54) is 16.8 Å². The quantitative estimate of drug-likeness (QED) is 0.668. The van der Waals surface area contributed by atoms with Gasteiger partial charge in [-0.05, 0) is 0 Å². The van der Waals surface area contributed by atoms with Crippen LogP contribution >= 0.6 is 0 Å². The number of H-pyrrole nitrogens is 1. The summed E-state index contributed by atoms with van der Waals surface area (Å²) in [5, 5.41) is 8.73. The number of aliphatic hydroxyl groups is 1. The first-order chi connectivity index (χ1) is 7.13. The largest absolute Gasteiger partial charge is 0.396 e. The predicted molar refractivity (Wildman–Crippen MR) is 53.5 cm³/mol. The van der Waals surface area contributed by atoms with Crippen LogP contribution in [0.1, 0.15) is 6.92 Å². The van der Waals surface area contributed by atoms with Gasteiger partial charge < -0.3 is 9.84 Å². The molecule has 0 aromatic carbocycles. The van der Waals surface area contributed by atoms with Gasteiger partial charge in [-0.1, -0.05) is 6.92 Å². The molecule has 0 spiro atoms. The molecule has 15 heavy (non-hydrogen) atoms. The van der Waals surface area contributed by atoms with Crippen molar-refractivity contribution in [2.24, 2.45) is 5.92 Å². The van der Waals surface area contributed by atoms with Crippen molar-refractivity contribution in [2.45, 2.75) is 13.7 Å². The summed E-state index contributed by atoms with van der Waals surface area (Å²) in [5.41, 5.74) is -0.931. The molecule has 0 fully saturated rings. The Kier molecular flexibility index (Phi) is 4.26. The molecule has 2 N–H and O–H groups in total. The zero-order valence-electron chi connectivity index (χ0n) is 8.47. The Morgan fingerprint density at radius 3 is 2.93 bits per heavy atom. The first kappa shape index (κ1) is 11.7. The molecule has 0 amide bonds. The molecule has 0 saturated heterocycles. The number of aromatic nitrogens is 2. The number of rotatable bonds is 5. The molecular weight excluding hydrogens is 200 g/mol. The Morgan fingerprint density at radius 1 is 1.60 bits per heavy atom. The van der Waals surface area contributed by atoms with Crippen LogP contribution in [0.5, 0.6) is 0 Å². The standard InChI is InChI=1S/C9H14N2O4/c1-7(4-12)5-15-6-11-3-2-8(13)10-9(11)14/h2-3,7,12H,4-6H2,1H3,(H,10,13,14)/t7-/m0/s1. The average molecular weight is 214 g/mol. The van der Waals surface area contributed by atoms with Crippen molar-refractivity contribution in [1.82, 2.24) is 9.55 Å². The summed E-state index contributed by atoms with van der Waals surface area (Å²) in [6, 6.07) is 1.25. The maximum atomic E-state index is 11.2. The van der Waals surface area contributed by atoms with E-state index in [1.807, 2.05) is 6.92 Å². The highest BCUT2D eigenvalue weighted by Crippen LogP contribution is 1.93. The molecule has 84 valence electrons. The van der Waals surface area contributed by atoms with Gasteiger partial charge in [-0.2, -0.15) is 0 Å². The van der Waals surface area contributed by atoms with Crippen LogP contribution in [0.2, 0.25) is 0 Å². The highest BCUT2D eigenvalue weighted by atomic mass is 16.5. The number of hydrogen-bond donors (Lipinski definition) is 2. The first-order valence-corrected chi connectivity index (χ1v) is 4.62. The number of ether oxygens (including phenoxy) is 1. The average Bonchev–Trinajstić information content (AvgIpc) is 2.21. The molecule has 0 aliphatic carbocycles. The van der Waals surface area contributed by atoms with Gasteiger partial charge >= 0.3 is 5.69 Å². The Morgan fingerprint density at radius 2 is 2.33 bits per heavy atom. The third-order valence-electron chi connectivity index (χ3n) is 1.84. The third-order valence-corrected chi connectivity index (χ3v) is 1.84. The monoisotopic (exact) mass is 214 g/mol. The lowest BCUT2D eigenvalue weighted by atomic mass is 10.2. The minimum Gasteiger partial charge on any atom is -0.396 e. The van der Waals surface area contributed by atoms with Crippen LogP contribution in [0.4, 0.5) is 0 Å². The minimum atomic E-state index is -0.501. The van der Waals surface area contributed by atoms with Crippen LogP contribution in [0.15, 0.2) is 21.9 Å². The van der Waals surface area contributed by atoms with Crippen molar-refractivity contribution >= 4 is 0 Å². The maximum Gasteiger partial charge on any atom is 0.330 e. The van der Waals surface area contributed by atoms with Gasteiger partial charge in [0, 0.05) is 24.8 Å². The third kappa shape index (κ3) is 3.69. The number of nitrogens with zero attached hydrogens (tertiary/aromatic N) is 1. The van der Waals surface area contributed by atoms with E-state index in [1.54, 1.807) is 0 Å². The molecule has 0 aliphatic rings. The molecule has 1 aromatic heterocycles. The van der Waals surface area contributed by atoms with Crippen LogP contribution in [-0.2, 0) is 11.5 Å². The summed E-state index contributed by atoms with van der Waals surface area (Å²) in [4.78, 5) is 24.0. The molecule has 1 heterocycles. The van der Waals surface area contributed by atoms with Crippen LogP contribution in [0.25, 0.3) is 0 Å². The molecule has 0 saturated carbocycles. The van der Waals surface area contributed by atoms with E-state index in [4.69, 9.17) is 9.84 Å². The van der Waals surface area contributed by atoms with Crippen LogP contribution < -0.4 is 11.2 Å². The highest BCUT2D eigenvalue weighted by molar-refractivity contribution is 4.81. The zero-order valence-corrected chi connectivity index (χ0v) is 8.47. The normalized spacial score (nSPS) is 12.7. The molecular formula is C9H14N2O4. The molecule has 1 atom stereocenters. The molecule has 0 unspecified atom stereocenters. The molecule has 0 radical (unpaired) electrons. The molecule has 1 aromatic rings. The van der Waals surface area contributed by atoms with Crippen LogP contribution in [-0.4, -0.2) is 27.9 Å². The van der Waals surface area contributed by atoms with Crippen molar-refractivity contribution in [1.29, 1.82) is 0 Å². The van der Waals surface area contributed by atoms with Crippen molar-refractivity contribution in [2.75, 3.05) is 13.2 Å². The minimum absolute atomic E-state index is 0.0310. The molecule has 6 nitrogen and oxygen atoms in total. The summed E-state index contributed by atoms with van der Waals surface area (Å²) >= 11 is 0. The van der Waals surface area contributed by atoms with Gasteiger partial charge in [0.2, 0.25) is 0 Å². The lowest BCUT2D eigenvalue weighted by Gasteiger charge is -2.09. The van der Waals surface area contributed by atoms with Crippen molar-refractivity contribution in [3.63, 3.8) is 0 Å². The molecule has 1 rings (SSSR count). The highest BCUT2D eigenvalue weighted by Gasteiger charge is 2.00. The number of hydrogen-bond acceptors (Lipinski definition) is 4. The summed E-state index contributed by atoms with van der Waals surface area (Å²) in [6.07, 6.45) is 1.37. The second-order valence-corrected chi connectivity index (χ2v) is 3.37.